The first-order valence-electron chi connectivity index (χ1n) is 8.61. The van der Waals surface area contributed by atoms with Crippen molar-refractivity contribution in [3.05, 3.63) is 22.1 Å². The molecule has 1 saturated carbocycles. The van der Waals surface area contributed by atoms with Crippen LogP contribution in [-0.4, -0.2) is 53.0 Å². The van der Waals surface area contributed by atoms with Crippen molar-refractivity contribution < 1.29 is 14.6 Å². The van der Waals surface area contributed by atoms with E-state index in [1.54, 1.807) is 13.1 Å². The Labute approximate surface area is 152 Å². The number of aryl methyl sites for hydroxylation is 1. The predicted molar refractivity (Wildman–Crippen MR) is 89.6 cm³/mol. The van der Waals surface area contributed by atoms with Crippen LogP contribution < -0.4 is 10.3 Å². The Bertz CT molecular complexity index is 800. The molecule has 1 aromatic rings. The summed E-state index contributed by atoms with van der Waals surface area (Å²) in [5.41, 5.74) is -0.724. The van der Waals surface area contributed by atoms with Gasteiger partial charge in [0.2, 0.25) is 0 Å². The summed E-state index contributed by atoms with van der Waals surface area (Å²) in [6.45, 7) is 3.74. The summed E-state index contributed by atoms with van der Waals surface area (Å²) >= 11 is -0.116. The second-order valence-electron chi connectivity index (χ2n) is 6.95. The fraction of sp³-hybridized carbons (Fsp3) is 0.706. The molecular formula is C17H21N3O4Se. The molecule has 4 atom stereocenters. The van der Waals surface area contributed by atoms with Crippen LogP contribution in [-0.2, 0) is 9.47 Å². The van der Waals surface area contributed by atoms with Crippen molar-refractivity contribution in [1.82, 2.24) is 9.55 Å². The summed E-state index contributed by atoms with van der Waals surface area (Å²) in [6, 6.07) is 2.13. The van der Waals surface area contributed by atoms with Crippen molar-refractivity contribution in [2.45, 2.75) is 74.5 Å². The first-order valence-corrected chi connectivity index (χ1v) is 10.7. The number of rotatable bonds is 5. The quantitative estimate of drug-likeness (QED) is 0.550. The fourth-order valence-corrected chi connectivity index (χ4v) is 5.89. The maximum atomic E-state index is 12.0. The maximum absolute atomic E-state index is 12.0. The van der Waals surface area contributed by atoms with Gasteiger partial charge in [0.25, 0.3) is 0 Å². The normalized spacial score (nSPS) is 34.4. The van der Waals surface area contributed by atoms with Crippen LogP contribution >= 0.6 is 0 Å². The minimum atomic E-state index is -0.677. The zero-order valence-electron chi connectivity index (χ0n) is 14.3. The molecule has 3 heterocycles. The van der Waals surface area contributed by atoms with E-state index in [1.165, 1.54) is 0 Å². The molecule has 2 aliphatic heterocycles. The second kappa shape index (κ2) is 5.90. The van der Waals surface area contributed by atoms with Crippen molar-refractivity contribution in [3.8, 4) is 6.07 Å². The van der Waals surface area contributed by atoms with E-state index in [-0.39, 0.29) is 26.1 Å². The Kier molecular flexibility index (Phi) is 4.06. The first kappa shape index (κ1) is 17.2. The molecule has 2 bridgehead atoms. The van der Waals surface area contributed by atoms with Crippen molar-refractivity contribution in [2.75, 3.05) is 0 Å². The molecule has 4 rings (SSSR count). The van der Waals surface area contributed by atoms with Crippen molar-refractivity contribution in [2.24, 2.45) is 0 Å². The summed E-state index contributed by atoms with van der Waals surface area (Å²) in [6.07, 6.45) is 3.10. The van der Waals surface area contributed by atoms with E-state index in [0.29, 0.717) is 28.4 Å². The van der Waals surface area contributed by atoms with Gasteiger partial charge in [-0.3, -0.25) is 0 Å². The number of aliphatic hydroxyl groups is 1. The van der Waals surface area contributed by atoms with Gasteiger partial charge in [-0.15, -0.1) is 0 Å². The number of hydrogen-bond acceptors (Lipinski definition) is 6. The standard InChI is InChI=1S/C17H21N3O4Se/c1-3-17-12(21)11(23-16(17)5-6-16)14(24-17)20-9-10(2)13(22)19-15(20)25-8-4-7-18/h9,11-12,14,21H,3-6,8H2,1-2H3/t11-,12?,14+,17+/m0/s1. The van der Waals surface area contributed by atoms with Crippen LogP contribution in [0.5, 0.6) is 0 Å². The molecule has 134 valence electrons. The minimum absolute atomic E-state index is 0.116. The van der Waals surface area contributed by atoms with Gasteiger partial charge in [0.15, 0.2) is 0 Å². The molecule has 1 unspecified atom stereocenters. The van der Waals surface area contributed by atoms with Gasteiger partial charge in [-0.2, -0.15) is 0 Å². The van der Waals surface area contributed by atoms with E-state index in [2.05, 4.69) is 11.1 Å². The topological polar surface area (TPSA) is 97.4 Å². The Morgan fingerprint density at radius 3 is 2.92 bits per heavy atom. The third kappa shape index (κ3) is 2.34. The zero-order chi connectivity index (χ0) is 17.8. The van der Waals surface area contributed by atoms with Crippen LogP contribution in [0.3, 0.4) is 0 Å². The van der Waals surface area contributed by atoms with E-state index in [0.717, 1.165) is 12.8 Å². The Hall–Kier alpha value is -1.23. The van der Waals surface area contributed by atoms with E-state index < -0.39 is 24.0 Å². The van der Waals surface area contributed by atoms with Crippen molar-refractivity contribution in [1.29, 1.82) is 5.26 Å². The molecule has 0 radical (unpaired) electrons. The molecule has 25 heavy (non-hydrogen) atoms. The molecule has 0 amide bonds. The van der Waals surface area contributed by atoms with Gasteiger partial charge >= 0.3 is 152 Å². The summed E-state index contributed by atoms with van der Waals surface area (Å²) in [4.78, 5) is 16.2. The van der Waals surface area contributed by atoms with E-state index in [9.17, 15) is 9.90 Å². The van der Waals surface area contributed by atoms with Crippen LogP contribution in [0.1, 0.15) is 44.4 Å². The molecule has 1 aliphatic carbocycles. The van der Waals surface area contributed by atoms with E-state index in [4.69, 9.17) is 14.7 Å². The molecule has 3 fully saturated rings. The van der Waals surface area contributed by atoms with Gasteiger partial charge in [-0.1, -0.05) is 0 Å². The van der Waals surface area contributed by atoms with Gasteiger partial charge in [-0.25, -0.2) is 0 Å². The number of aromatic nitrogens is 2. The number of fused-ring (bicyclic) bond motifs is 3. The van der Waals surface area contributed by atoms with Gasteiger partial charge in [0.05, 0.1) is 0 Å². The molecule has 1 spiro atoms. The summed E-state index contributed by atoms with van der Waals surface area (Å²) in [5, 5.41) is 20.3. The molecule has 3 aliphatic rings. The first-order chi connectivity index (χ1) is 12.0. The van der Waals surface area contributed by atoms with Gasteiger partial charge in [-0.05, 0) is 0 Å². The molecule has 8 heteroatoms. The van der Waals surface area contributed by atoms with Gasteiger partial charge < -0.3 is 0 Å². The third-order valence-electron chi connectivity index (χ3n) is 5.57. The molecular weight excluding hydrogens is 389 g/mol. The van der Waals surface area contributed by atoms with E-state index >= 15 is 0 Å². The molecule has 1 aromatic heterocycles. The Morgan fingerprint density at radius 1 is 1.52 bits per heavy atom. The second-order valence-corrected chi connectivity index (χ2v) is 9.18. The Morgan fingerprint density at radius 2 is 2.28 bits per heavy atom. The monoisotopic (exact) mass is 411 g/mol. The van der Waals surface area contributed by atoms with Crippen LogP contribution in [0.4, 0.5) is 0 Å². The van der Waals surface area contributed by atoms with Crippen molar-refractivity contribution >= 4 is 19.7 Å². The number of nitriles is 1. The van der Waals surface area contributed by atoms with Crippen molar-refractivity contribution in [3.63, 3.8) is 0 Å². The van der Waals surface area contributed by atoms with Crippen LogP contribution in [0.25, 0.3) is 0 Å². The zero-order valence-corrected chi connectivity index (χ0v) is 16.0. The average molecular weight is 410 g/mol. The summed E-state index contributed by atoms with van der Waals surface area (Å²) < 4.78 is 15.1. The third-order valence-corrected chi connectivity index (χ3v) is 7.60. The van der Waals surface area contributed by atoms with Crippen LogP contribution in [0.2, 0.25) is 5.32 Å². The number of nitrogens with zero attached hydrogens (tertiary/aromatic N) is 3. The summed E-state index contributed by atoms with van der Waals surface area (Å²) in [7, 11) is 0. The predicted octanol–water partition coefficient (Wildman–Crippen LogP) is 0.183. The van der Waals surface area contributed by atoms with Gasteiger partial charge in [0.1, 0.15) is 0 Å². The van der Waals surface area contributed by atoms with Crippen LogP contribution in [0.15, 0.2) is 11.0 Å². The van der Waals surface area contributed by atoms with Gasteiger partial charge in [0, 0.05) is 0 Å². The van der Waals surface area contributed by atoms with E-state index in [1.807, 2.05) is 11.5 Å². The number of ether oxygens (including phenoxy) is 2. The molecule has 1 N–H and O–H groups in total. The Balaban J connectivity index is 1.70. The van der Waals surface area contributed by atoms with Crippen LogP contribution in [0, 0.1) is 18.3 Å². The molecule has 7 nitrogen and oxygen atoms in total. The number of aliphatic hydroxyl groups excluding tert-OH is 1. The summed E-state index contributed by atoms with van der Waals surface area (Å²) in [5.74, 6) is 0. The average Bonchev–Trinajstić information content (AvgIpc) is 3.27. The SMILES string of the molecule is CC[C@]12O[C@@H](n3cc(C)c(=O)nc3[Se]CCC#N)[C@@H](OC13CC3)C2O. The number of hydrogen-bond donors (Lipinski definition) is 1. The molecule has 2 saturated heterocycles. The molecule has 0 aromatic carbocycles. The fourth-order valence-electron chi connectivity index (χ4n) is 4.15.